The third-order valence-electron chi connectivity index (χ3n) is 4.66. The van der Waals surface area contributed by atoms with E-state index in [-0.39, 0.29) is 12.5 Å². The van der Waals surface area contributed by atoms with E-state index in [4.69, 9.17) is 14.2 Å². The zero-order valence-corrected chi connectivity index (χ0v) is 18.7. The molecule has 0 aliphatic carbocycles. The number of hydrogen-bond acceptors (Lipinski definition) is 7. The van der Waals surface area contributed by atoms with Gasteiger partial charge in [-0.15, -0.1) is 0 Å². The van der Waals surface area contributed by atoms with Gasteiger partial charge in [0.05, 0.1) is 36.2 Å². The molecule has 2 aromatic heterocycles. The standard InChI is InChI=1S/C24H23N3O4S/c1-3-30-18-7-9-19(10-8-18)31-16-23(28)27(15-17-6-4-5-13-25-17)24-26-21-12-11-20(29-2)14-22(21)32-24/h4-14H,3,15-16H2,1-2H3. The molecule has 0 saturated heterocycles. The monoisotopic (exact) mass is 449 g/mol. The molecule has 0 fully saturated rings. The number of ether oxygens (including phenoxy) is 3. The van der Waals surface area contributed by atoms with Crippen molar-refractivity contribution < 1.29 is 19.0 Å². The zero-order chi connectivity index (χ0) is 22.3. The van der Waals surface area contributed by atoms with Crippen LogP contribution in [-0.2, 0) is 11.3 Å². The van der Waals surface area contributed by atoms with Gasteiger partial charge < -0.3 is 14.2 Å². The van der Waals surface area contributed by atoms with E-state index in [1.54, 1.807) is 30.3 Å². The maximum absolute atomic E-state index is 13.2. The molecule has 0 aliphatic rings. The SMILES string of the molecule is CCOc1ccc(OCC(=O)N(Cc2ccccn2)c2nc3ccc(OC)cc3s2)cc1. The second kappa shape index (κ2) is 10.1. The molecule has 0 atom stereocenters. The summed E-state index contributed by atoms with van der Waals surface area (Å²) >= 11 is 1.43. The predicted octanol–water partition coefficient (Wildman–Crippen LogP) is 4.71. The van der Waals surface area contributed by atoms with Gasteiger partial charge in [-0.1, -0.05) is 17.4 Å². The van der Waals surface area contributed by atoms with Crippen LogP contribution in [-0.4, -0.2) is 36.2 Å². The molecule has 0 saturated carbocycles. The molecule has 2 aromatic carbocycles. The lowest BCUT2D eigenvalue weighted by Crippen LogP contribution is -2.34. The smallest absolute Gasteiger partial charge is 0.267 e. The summed E-state index contributed by atoms with van der Waals surface area (Å²) in [5.74, 6) is 1.88. The fourth-order valence-electron chi connectivity index (χ4n) is 3.07. The van der Waals surface area contributed by atoms with E-state index in [2.05, 4.69) is 9.97 Å². The van der Waals surface area contributed by atoms with Gasteiger partial charge in [-0.05, 0) is 61.5 Å². The number of hydrogen-bond donors (Lipinski definition) is 0. The average Bonchev–Trinajstić information content (AvgIpc) is 3.25. The number of carbonyl (C=O) groups excluding carboxylic acids is 1. The molecule has 8 heteroatoms. The van der Waals surface area contributed by atoms with Crippen LogP contribution < -0.4 is 19.1 Å². The summed E-state index contributed by atoms with van der Waals surface area (Å²) in [6.07, 6.45) is 1.71. The van der Waals surface area contributed by atoms with Gasteiger partial charge in [0.15, 0.2) is 11.7 Å². The van der Waals surface area contributed by atoms with Gasteiger partial charge in [0.1, 0.15) is 17.2 Å². The maximum atomic E-state index is 13.2. The van der Waals surface area contributed by atoms with Crippen molar-refractivity contribution in [1.82, 2.24) is 9.97 Å². The number of rotatable bonds is 9. The summed E-state index contributed by atoms with van der Waals surface area (Å²) < 4.78 is 17.4. The Balaban J connectivity index is 1.55. The van der Waals surface area contributed by atoms with Crippen LogP contribution >= 0.6 is 11.3 Å². The number of aromatic nitrogens is 2. The number of carbonyl (C=O) groups is 1. The Hall–Kier alpha value is -3.65. The first-order chi connectivity index (χ1) is 15.7. The first-order valence-electron chi connectivity index (χ1n) is 10.2. The van der Waals surface area contributed by atoms with Crippen LogP contribution in [0.15, 0.2) is 66.9 Å². The molecule has 0 radical (unpaired) electrons. The Bertz CT molecular complexity index is 1180. The largest absolute Gasteiger partial charge is 0.497 e. The summed E-state index contributed by atoms with van der Waals surface area (Å²) in [5, 5.41) is 0.583. The fourth-order valence-corrected chi connectivity index (χ4v) is 4.08. The Labute approximate surface area is 190 Å². The van der Waals surface area contributed by atoms with E-state index in [0.29, 0.717) is 24.0 Å². The number of methoxy groups -OCH3 is 1. The molecule has 0 bridgehead atoms. The zero-order valence-electron chi connectivity index (χ0n) is 17.9. The lowest BCUT2D eigenvalue weighted by Gasteiger charge is -2.19. The molecule has 1 amide bonds. The molecule has 2 heterocycles. The van der Waals surface area contributed by atoms with Crippen molar-refractivity contribution in [3.63, 3.8) is 0 Å². The van der Waals surface area contributed by atoms with Crippen LogP contribution in [0.1, 0.15) is 12.6 Å². The van der Waals surface area contributed by atoms with Gasteiger partial charge in [-0.2, -0.15) is 0 Å². The molecule has 4 rings (SSSR count). The van der Waals surface area contributed by atoms with Crippen LogP contribution in [0.2, 0.25) is 0 Å². The van der Waals surface area contributed by atoms with Crippen molar-refractivity contribution in [2.24, 2.45) is 0 Å². The van der Waals surface area contributed by atoms with Crippen molar-refractivity contribution in [2.75, 3.05) is 25.2 Å². The van der Waals surface area contributed by atoms with Crippen molar-refractivity contribution in [2.45, 2.75) is 13.5 Å². The lowest BCUT2D eigenvalue weighted by molar-refractivity contribution is -0.120. The van der Waals surface area contributed by atoms with E-state index < -0.39 is 0 Å². The first kappa shape index (κ1) is 21.6. The fraction of sp³-hybridized carbons (Fsp3) is 0.208. The summed E-state index contributed by atoms with van der Waals surface area (Å²) in [6.45, 7) is 2.69. The maximum Gasteiger partial charge on any atom is 0.267 e. The second-order valence-electron chi connectivity index (χ2n) is 6.82. The van der Waals surface area contributed by atoms with Gasteiger partial charge in [-0.3, -0.25) is 14.7 Å². The normalized spacial score (nSPS) is 10.7. The summed E-state index contributed by atoms with van der Waals surface area (Å²) in [7, 11) is 1.62. The number of thiazole rings is 1. The molecule has 0 spiro atoms. The molecule has 32 heavy (non-hydrogen) atoms. The number of anilines is 1. The van der Waals surface area contributed by atoms with Crippen LogP contribution in [0.3, 0.4) is 0 Å². The van der Waals surface area contributed by atoms with Gasteiger partial charge in [0, 0.05) is 6.20 Å². The van der Waals surface area contributed by atoms with E-state index in [1.807, 2.05) is 55.5 Å². The first-order valence-corrected chi connectivity index (χ1v) is 11.0. The topological polar surface area (TPSA) is 73.8 Å². The number of pyridine rings is 1. The minimum atomic E-state index is -0.212. The van der Waals surface area contributed by atoms with Crippen LogP contribution in [0.4, 0.5) is 5.13 Å². The lowest BCUT2D eigenvalue weighted by atomic mass is 10.3. The Morgan fingerprint density at radius 1 is 1.00 bits per heavy atom. The second-order valence-corrected chi connectivity index (χ2v) is 7.83. The number of fused-ring (bicyclic) bond motifs is 1. The summed E-state index contributed by atoms with van der Waals surface area (Å²) in [5.41, 5.74) is 1.57. The Kier molecular flexibility index (Phi) is 6.81. The number of amides is 1. The minimum Gasteiger partial charge on any atom is -0.497 e. The van der Waals surface area contributed by atoms with Crippen LogP contribution in [0.25, 0.3) is 10.2 Å². The molecular weight excluding hydrogens is 426 g/mol. The van der Waals surface area contributed by atoms with Crippen LogP contribution in [0.5, 0.6) is 17.2 Å². The van der Waals surface area contributed by atoms with Gasteiger partial charge in [-0.25, -0.2) is 4.98 Å². The molecule has 0 N–H and O–H groups in total. The third kappa shape index (κ3) is 5.15. The highest BCUT2D eigenvalue weighted by Crippen LogP contribution is 2.32. The van der Waals surface area contributed by atoms with Gasteiger partial charge >= 0.3 is 0 Å². The average molecular weight is 450 g/mol. The van der Waals surface area contributed by atoms with E-state index in [1.165, 1.54) is 11.3 Å². The minimum absolute atomic E-state index is 0.125. The Morgan fingerprint density at radius 3 is 2.44 bits per heavy atom. The Morgan fingerprint density at radius 2 is 1.75 bits per heavy atom. The number of nitrogens with zero attached hydrogens (tertiary/aromatic N) is 3. The van der Waals surface area contributed by atoms with E-state index in [9.17, 15) is 4.79 Å². The predicted molar refractivity (Wildman–Crippen MR) is 125 cm³/mol. The summed E-state index contributed by atoms with van der Waals surface area (Å²) in [4.78, 5) is 23.8. The van der Waals surface area contributed by atoms with Gasteiger partial charge in [0.25, 0.3) is 5.91 Å². The van der Waals surface area contributed by atoms with Gasteiger partial charge in [0.2, 0.25) is 0 Å². The molecular formula is C24H23N3O4S. The highest BCUT2D eigenvalue weighted by Gasteiger charge is 2.21. The third-order valence-corrected chi connectivity index (χ3v) is 5.70. The van der Waals surface area contributed by atoms with E-state index >= 15 is 0 Å². The highest BCUT2D eigenvalue weighted by molar-refractivity contribution is 7.22. The van der Waals surface area contributed by atoms with Crippen LogP contribution in [0, 0.1) is 0 Å². The molecule has 0 unspecified atom stereocenters. The molecule has 7 nitrogen and oxygen atoms in total. The quantitative estimate of drug-likeness (QED) is 0.368. The molecule has 164 valence electrons. The van der Waals surface area contributed by atoms with Crippen molar-refractivity contribution in [1.29, 1.82) is 0 Å². The van der Waals surface area contributed by atoms with Crippen molar-refractivity contribution in [3.8, 4) is 17.2 Å². The summed E-state index contributed by atoms with van der Waals surface area (Å²) in [6, 6.07) is 18.5. The molecule has 0 aliphatic heterocycles. The van der Waals surface area contributed by atoms with Crippen molar-refractivity contribution in [3.05, 3.63) is 72.6 Å². The molecule has 4 aromatic rings. The number of benzene rings is 2. The highest BCUT2D eigenvalue weighted by atomic mass is 32.1. The van der Waals surface area contributed by atoms with E-state index in [0.717, 1.165) is 27.4 Å². The van der Waals surface area contributed by atoms with Crippen molar-refractivity contribution >= 4 is 32.6 Å².